The number of hydrogen-bond donors (Lipinski definition) is 0. The predicted octanol–water partition coefficient (Wildman–Crippen LogP) is 6.91. The fraction of sp³-hybridized carbons (Fsp3) is 0.0244. The largest absolute Gasteiger partial charge is 0.423 e. The van der Waals surface area contributed by atoms with Gasteiger partial charge in [-0.3, -0.25) is 0 Å². The van der Waals surface area contributed by atoms with Crippen molar-refractivity contribution in [1.82, 2.24) is 0 Å². The summed E-state index contributed by atoms with van der Waals surface area (Å²) < 4.78 is 21.4. The summed E-state index contributed by atoms with van der Waals surface area (Å²) in [6, 6.07) is 23.5. The fourth-order valence-corrected chi connectivity index (χ4v) is 3.93. The molecule has 0 amide bonds. The molecule has 0 N–H and O–H groups in total. The smallest absolute Gasteiger partial charge is 0.338 e. The third-order valence-corrected chi connectivity index (χ3v) is 6.37. The minimum atomic E-state index is -0.748. The Balaban J connectivity index is 1.67. The van der Waals surface area contributed by atoms with E-state index in [-0.39, 0.29) is 22.6 Å². The van der Waals surface area contributed by atoms with Crippen molar-refractivity contribution < 1.29 is 38.1 Å². The summed E-state index contributed by atoms with van der Waals surface area (Å²) in [6.45, 7) is 15.4. The molecule has 0 saturated carbocycles. The van der Waals surface area contributed by atoms with Crippen LogP contribution in [0.25, 0.3) is 11.1 Å². The summed E-state index contributed by atoms with van der Waals surface area (Å²) in [6.07, 6.45) is 3.08. The Morgan fingerprint density at radius 3 is 1.35 bits per heavy atom. The van der Waals surface area contributed by atoms with Gasteiger partial charge in [0.25, 0.3) is 0 Å². The van der Waals surface area contributed by atoms with Crippen LogP contribution in [-0.4, -0.2) is 23.9 Å². The minimum absolute atomic E-state index is 0.0276. The van der Waals surface area contributed by atoms with Gasteiger partial charge in [0.1, 0.15) is 17.1 Å². The lowest BCUT2D eigenvalue weighted by Crippen LogP contribution is -2.09. The van der Waals surface area contributed by atoms with Crippen molar-refractivity contribution in [3.63, 3.8) is 0 Å². The molecule has 0 aliphatic carbocycles. The van der Waals surface area contributed by atoms with Gasteiger partial charge < -0.3 is 18.9 Å². The van der Waals surface area contributed by atoms with E-state index in [1.165, 1.54) is 0 Å². The summed E-state index contributed by atoms with van der Waals surface area (Å²) in [5.41, 5.74) is 3.59. The van der Waals surface area contributed by atoms with Gasteiger partial charge in [-0.15, -0.1) is 0 Å². The van der Waals surface area contributed by atoms with Crippen LogP contribution in [0.5, 0.6) is 23.0 Å². The molecule has 0 bridgehead atoms. The molecule has 0 heterocycles. The average molecular weight is 649 g/mol. The van der Waals surface area contributed by atoms with Gasteiger partial charge in [-0.25, -0.2) is 19.2 Å². The Morgan fingerprint density at radius 2 is 0.918 bits per heavy atom. The standard InChI is InChI=1S/C41H28O8/c1-6-38(42)46-33-20-13-29(14-21-33)10-9-28-11-18-31(19-12-28)32-25-36(48-39(43)7-2)35(37(26-32)49-40(44)8-3)24-17-30-15-22-34(23-16-30)47-41(45)27(4)5/h6-8,11-16,18-23,25-26H,1-4H2,5H3. The van der Waals surface area contributed by atoms with E-state index in [9.17, 15) is 19.2 Å². The van der Waals surface area contributed by atoms with E-state index in [2.05, 4.69) is 50.0 Å². The maximum absolute atomic E-state index is 12.3. The van der Waals surface area contributed by atoms with E-state index < -0.39 is 23.9 Å². The molecule has 0 atom stereocenters. The van der Waals surface area contributed by atoms with Crippen molar-refractivity contribution >= 4 is 23.9 Å². The molecule has 0 aliphatic rings. The lowest BCUT2D eigenvalue weighted by molar-refractivity contribution is -0.130. The molecule has 0 fully saturated rings. The maximum atomic E-state index is 12.3. The summed E-state index contributed by atoms with van der Waals surface area (Å²) in [5, 5.41) is 0. The topological polar surface area (TPSA) is 105 Å². The van der Waals surface area contributed by atoms with Crippen LogP contribution in [0, 0.1) is 23.7 Å². The first-order valence-corrected chi connectivity index (χ1v) is 14.5. The zero-order valence-electron chi connectivity index (χ0n) is 26.4. The zero-order valence-corrected chi connectivity index (χ0v) is 26.4. The van der Waals surface area contributed by atoms with Crippen molar-refractivity contribution in [1.29, 1.82) is 0 Å². The molecule has 0 aromatic heterocycles. The highest BCUT2D eigenvalue weighted by molar-refractivity contribution is 5.89. The van der Waals surface area contributed by atoms with Gasteiger partial charge in [0, 0.05) is 40.5 Å². The number of rotatable bonds is 9. The molecule has 0 saturated heterocycles. The van der Waals surface area contributed by atoms with Crippen LogP contribution in [-0.2, 0) is 19.2 Å². The fourth-order valence-electron chi connectivity index (χ4n) is 3.93. The molecule has 8 nitrogen and oxygen atoms in total. The van der Waals surface area contributed by atoms with E-state index in [4.69, 9.17) is 18.9 Å². The quantitative estimate of drug-likeness (QED) is 0.0835. The number of esters is 4. The first-order chi connectivity index (χ1) is 23.6. The third-order valence-electron chi connectivity index (χ3n) is 6.37. The molecular formula is C41H28O8. The van der Waals surface area contributed by atoms with Crippen LogP contribution in [0.1, 0.15) is 29.2 Å². The Kier molecular flexibility index (Phi) is 11.6. The van der Waals surface area contributed by atoms with Crippen LogP contribution >= 0.6 is 0 Å². The summed E-state index contributed by atoms with van der Waals surface area (Å²) >= 11 is 0. The van der Waals surface area contributed by atoms with E-state index in [0.717, 1.165) is 18.2 Å². The van der Waals surface area contributed by atoms with Crippen molar-refractivity contribution in [2.75, 3.05) is 0 Å². The van der Waals surface area contributed by atoms with Crippen molar-refractivity contribution in [3.05, 3.63) is 157 Å². The van der Waals surface area contributed by atoms with Gasteiger partial charge in [-0.2, -0.15) is 0 Å². The highest BCUT2D eigenvalue weighted by Crippen LogP contribution is 2.35. The number of ether oxygens (including phenoxy) is 4. The van der Waals surface area contributed by atoms with Crippen LogP contribution in [0.4, 0.5) is 0 Å². The highest BCUT2D eigenvalue weighted by atomic mass is 16.6. The van der Waals surface area contributed by atoms with Gasteiger partial charge >= 0.3 is 23.9 Å². The normalized spacial score (nSPS) is 9.65. The van der Waals surface area contributed by atoms with Crippen LogP contribution in [0.2, 0.25) is 0 Å². The van der Waals surface area contributed by atoms with Crippen LogP contribution in [0.3, 0.4) is 0 Å². The Labute approximate surface area is 283 Å². The lowest BCUT2D eigenvalue weighted by Gasteiger charge is -2.13. The second-order valence-electron chi connectivity index (χ2n) is 10.0. The van der Waals surface area contributed by atoms with Gasteiger partial charge in [-0.05, 0) is 90.8 Å². The molecule has 240 valence electrons. The molecule has 0 spiro atoms. The molecule has 0 unspecified atom stereocenters. The lowest BCUT2D eigenvalue weighted by atomic mass is 10.0. The molecular weight excluding hydrogens is 620 g/mol. The van der Waals surface area contributed by atoms with E-state index in [0.29, 0.717) is 39.3 Å². The van der Waals surface area contributed by atoms with E-state index >= 15 is 0 Å². The van der Waals surface area contributed by atoms with Crippen LogP contribution < -0.4 is 18.9 Å². The predicted molar refractivity (Wildman–Crippen MR) is 185 cm³/mol. The van der Waals surface area contributed by atoms with Gasteiger partial charge in [0.05, 0.1) is 0 Å². The second kappa shape index (κ2) is 16.4. The highest BCUT2D eigenvalue weighted by Gasteiger charge is 2.17. The minimum Gasteiger partial charge on any atom is -0.423 e. The molecule has 4 rings (SSSR count). The van der Waals surface area contributed by atoms with Crippen LogP contribution in [0.15, 0.2) is 135 Å². The second-order valence-corrected chi connectivity index (χ2v) is 10.0. The molecule has 8 heteroatoms. The SMILES string of the molecule is C=CC(=O)Oc1ccc(C#Cc2ccc(-c3cc(OC(=O)C=C)c(C#Cc4ccc(OC(=O)C(=C)C)cc4)c(OC(=O)C=C)c3)cc2)cc1. The maximum Gasteiger partial charge on any atom is 0.338 e. The molecule has 0 radical (unpaired) electrons. The molecule has 4 aromatic rings. The summed E-state index contributed by atoms with van der Waals surface area (Å²) in [5.74, 6) is 10.2. The van der Waals surface area contributed by atoms with Gasteiger partial charge in [0.15, 0.2) is 11.5 Å². The Hall–Kier alpha value is -7.16. The number of hydrogen-bond acceptors (Lipinski definition) is 8. The molecule has 49 heavy (non-hydrogen) atoms. The Bertz CT molecular complexity index is 2050. The Morgan fingerprint density at radius 1 is 0.531 bits per heavy atom. The monoisotopic (exact) mass is 648 g/mol. The zero-order chi connectivity index (χ0) is 35.3. The average Bonchev–Trinajstić information content (AvgIpc) is 3.11. The molecule has 4 aromatic carbocycles. The van der Waals surface area contributed by atoms with E-state index in [1.54, 1.807) is 79.7 Å². The third kappa shape index (κ3) is 9.91. The molecule has 0 aliphatic heterocycles. The first kappa shape index (κ1) is 34.7. The van der Waals surface area contributed by atoms with Gasteiger partial charge in [-0.1, -0.05) is 62.1 Å². The van der Waals surface area contributed by atoms with Gasteiger partial charge in [0.2, 0.25) is 0 Å². The number of carbonyl (C=O) groups excluding carboxylic acids is 4. The number of carbonyl (C=O) groups is 4. The summed E-state index contributed by atoms with van der Waals surface area (Å²) in [7, 11) is 0. The van der Waals surface area contributed by atoms with Crippen molar-refractivity contribution in [2.24, 2.45) is 0 Å². The van der Waals surface area contributed by atoms with E-state index in [1.807, 2.05) is 12.1 Å². The van der Waals surface area contributed by atoms with Crippen molar-refractivity contribution in [2.45, 2.75) is 6.92 Å². The first-order valence-electron chi connectivity index (χ1n) is 14.5. The number of benzene rings is 4. The van der Waals surface area contributed by atoms with Crippen molar-refractivity contribution in [3.8, 4) is 57.8 Å². The summed E-state index contributed by atoms with van der Waals surface area (Å²) in [4.78, 5) is 47.9.